The Morgan fingerprint density at radius 3 is 2.39 bits per heavy atom. The van der Waals surface area contributed by atoms with E-state index in [0.717, 1.165) is 5.56 Å². The van der Waals surface area contributed by atoms with Gasteiger partial charge in [-0.1, -0.05) is 39.8 Å². The lowest BCUT2D eigenvalue weighted by atomic mass is 9.75. The van der Waals surface area contributed by atoms with Gasteiger partial charge in [-0.05, 0) is 79.1 Å². The molecule has 3 rings (SSSR count). The zero-order valence-corrected chi connectivity index (χ0v) is 37.0. The van der Waals surface area contributed by atoms with Crippen LogP contribution in [0.4, 0.5) is 10.5 Å². The minimum atomic E-state index is -1.28. The Hall–Kier alpha value is -3.64. The molecule has 1 aromatic rings. The molecular weight excluding hydrogens is 761 g/mol. The van der Waals surface area contributed by atoms with E-state index in [9.17, 15) is 24.3 Å². The van der Waals surface area contributed by atoms with Crippen molar-refractivity contribution in [3.63, 3.8) is 0 Å². The number of hydrogen-bond donors (Lipinski definition) is 4. The molecule has 0 saturated carbocycles. The maximum atomic E-state index is 14.6. The second-order valence-corrected chi connectivity index (χ2v) is 16.9. The van der Waals surface area contributed by atoms with Gasteiger partial charge in [-0.15, -0.1) is 0 Å². The molecule has 0 aliphatic carbocycles. The van der Waals surface area contributed by atoms with Gasteiger partial charge in [0.1, 0.15) is 24.0 Å². The van der Waals surface area contributed by atoms with Gasteiger partial charge in [0, 0.05) is 68.6 Å². The number of benzene rings is 1. The van der Waals surface area contributed by atoms with E-state index in [2.05, 4.69) is 0 Å². The molecule has 59 heavy (non-hydrogen) atoms. The Labute approximate surface area is 351 Å². The summed E-state index contributed by atoms with van der Waals surface area (Å²) in [4.78, 5) is 57.0. The highest BCUT2D eigenvalue weighted by Gasteiger charge is 2.52. The molecule has 8 unspecified atom stereocenters. The lowest BCUT2D eigenvalue weighted by Gasteiger charge is -2.46. The van der Waals surface area contributed by atoms with Crippen molar-refractivity contribution < 1.29 is 48.0 Å². The largest absolute Gasteiger partial charge is 0.441 e. The van der Waals surface area contributed by atoms with E-state index in [4.69, 9.17) is 41.0 Å². The van der Waals surface area contributed by atoms with Crippen molar-refractivity contribution in [2.75, 3.05) is 47.1 Å². The van der Waals surface area contributed by atoms with Crippen LogP contribution < -0.4 is 17.3 Å². The van der Waals surface area contributed by atoms with Crippen LogP contribution in [0.5, 0.6) is 0 Å². The fourth-order valence-corrected chi connectivity index (χ4v) is 8.65. The van der Waals surface area contributed by atoms with Gasteiger partial charge >= 0.3 is 6.09 Å². The quantitative estimate of drug-likeness (QED) is 0.0292. The summed E-state index contributed by atoms with van der Waals surface area (Å²) in [6.45, 7) is 13.1. The van der Waals surface area contributed by atoms with E-state index < -0.39 is 72.1 Å². The van der Waals surface area contributed by atoms with Gasteiger partial charge in [-0.2, -0.15) is 0 Å². The number of aliphatic hydroxyl groups excluding tert-OH is 1. The number of unbranched alkanes of at least 4 members (excludes halogenated alkanes) is 1. The molecule has 0 aromatic heterocycles. The van der Waals surface area contributed by atoms with E-state index in [1.807, 2.05) is 45.0 Å². The Kier molecular flexibility index (Phi) is 18.8. The number of methoxy groups -OCH3 is 2. The number of likely N-dealkylation sites (N-methyl/N-ethyl adjacent to an activating group) is 1. The number of rotatable bonds is 24. The molecule has 1 amide bonds. The Balaban J connectivity index is 1.85. The number of amides is 1. The highest BCUT2D eigenvalue weighted by atomic mass is 16.7. The third-order valence-electron chi connectivity index (χ3n) is 12.2. The number of nitrogens with zero attached hydrogens (tertiary/aromatic N) is 3. The molecule has 334 valence electrons. The van der Waals surface area contributed by atoms with Crippen molar-refractivity contribution in [3.8, 4) is 0 Å². The molecule has 0 spiro atoms. The third kappa shape index (κ3) is 12.5. The topological polar surface area (TPSA) is 222 Å². The Morgan fingerprint density at radius 1 is 1.14 bits per heavy atom. The second kappa shape index (κ2) is 22.3. The highest BCUT2D eigenvalue weighted by molar-refractivity contribution is 5.94. The molecular formula is C43H72N6O10. The lowest BCUT2D eigenvalue weighted by Crippen LogP contribution is -2.59. The smallest absolute Gasteiger partial charge is 0.410 e. The summed E-state index contributed by atoms with van der Waals surface area (Å²) in [7, 11) is 6.77. The first kappa shape index (κ1) is 49.7. The normalized spacial score (nSPS) is 26.6. The van der Waals surface area contributed by atoms with Crippen LogP contribution in [0.2, 0.25) is 0 Å². The molecule has 2 heterocycles. The number of cyclic esters (lactones) is 1. The van der Waals surface area contributed by atoms with Crippen LogP contribution in [0.25, 0.3) is 5.70 Å². The molecule has 2 aliphatic heterocycles. The minimum absolute atomic E-state index is 0.103. The molecule has 13 atom stereocenters. The third-order valence-corrected chi connectivity index (χ3v) is 12.2. The van der Waals surface area contributed by atoms with Gasteiger partial charge in [0.05, 0.1) is 41.6 Å². The molecule has 7 N–H and O–H groups in total. The molecule has 0 bridgehead atoms. The van der Waals surface area contributed by atoms with Crippen molar-refractivity contribution in [2.24, 2.45) is 35.2 Å². The molecule has 1 aromatic carbocycles. The average molecular weight is 833 g/mol. The summed E-state index contributed by atoms with van der Waals surface area (Å²) in [5.74, 6) is 2.56. The molecule has 2 saturated heterocycles. The van der Waals surface area contributed by atoms with E-state index in [-0.39, 0.29) is 30.1 Å². The number of anilines is 1. The lowest BCUT2D eigenvalue weighted by molar-refractivity contribution is -0.295. The van der Waals surface area contributed by atoms with Crippen molar-refractivity contribution in [1.82, 2.24) is 14.8 Å². The number of ketones is 2. The predicted octanol–water partition coefficient (Wildman–Crippen LogP) is 3.58. The second-order valence-electron chi connectivity index (χ2n) is 16.9. The Morgan fingerprint density at radius 2 is 1.81 bits per heavy atom. The number of nitrogen functional groups attached to an aromatic ring is 1. The first-order valence-electron chi connectivity index (χ1n) is 20.8. The van der Waals surface area contributed by atoms with E-state index in [1.54, 1.807) is 58.0 Å². The summed E-state index contributed by atoms with van der Waals surface area (Å²) in [6, 6.07) is 6.27. The van der Waals surface area contributed by atoms with Gasteiger partial charge in [0.2, 0.25) is 0 Å². The number of carbonyl (C=O) groups excluding carboxylic acids is 4. The van der Waals surface area contributed by atoms with Crippen molar-refractivity contribution >= 4 is 35.3 Å². The van der Waals surface area contributed by atoms with Gasteiger partial charge in [-0.3, -0.25) is 9.59 Å². The molecule has 0 radical (unpaired) electrons. The molecule has 2 aliphatic rings. The first-order valence-corrected chi connectivity index (χ1v) is 20.8. The zero-order valence-electron chi connectivity index (χ0n) is 37.0. The van der Waals surface area contributed by atoms with Crippen LogP contribution in [0.15, 0.2) is 30.5 Å². The average Bonchev–Trinajstić information content (AvgIpc) is 3.52. The van der Waals surface area contributed by atoms with E-state index in [1.165, 1.54) is 19.0 Å². The summed E-state index contributed by atoms with van der Waals surface area (Å²) in [5, 5.41) is 12.9. The maximum absolute atomic E-state index is 14.6. The predicted molar refractivity (Wildman–Crippen MR) is 225 cm³/mol. The van der Waals surface area contributed by atoms with Crippen LogP contribution in [-0.2, 0) is 38.1 Å². The van der Waals surface area contributed by atoms with Crippen molar-refractivity contribution in [2.45, 2.75) is 135 Å². The molecule has 16 nitrogen and oxygen atoms in total. The molecule has 2 fully saturated rings. The summed E-state index contributed by atoms with van der Waals surface area (Å²) >= 11 is 0. The number of hydrogen-bond acceptors (Lipinski definition) is 15. The van der Waals surface area contributed by atoms with Crippen molar-refractivity contribution in [3.05, 3.63) is 36.0 Å². The van der Waals surface area contributed by atoms with Crippen LogP contribution >= 0.6 is 0 Å². The highest BCUT2D eigenvalue weighted by Crippen LogP contribution is 2.38. The number of aldehydes is 1. The number of ether oxygens (including phenoxy) is 5. The van der Waals surface area contributed by atoms with Gasteiger partial charge in [-0.25, -0.2) is 10.6 Å². The van der Waals surface area contributed by atoms with E-state index in [0.29, 0.717) is 56.4 Å². The first-order chi connectivity index (χ1) is 27.7. The van der Waals surface area contributed by atoms with Gasteiger partial charge in [0.25, 0.3) is 0 Å². The number of carbonyl (C=O) groups is 4. The fourth-order valence-electron chi connectivity index (χ4n) is 8.65. The van der Waals surface area contributed by atoms with Crippen LogP contribution in [0.3, 0.4) is 0 Å². The van der Waals surface area contributed by atoms with E-state index >= 15 is 0 Å². The van der Waals surface area contributed by atoms with Crippen LogP contribution in [-0.4, -0.2) is 140 Å². The fraction of sp³-hybridized carbons (Fsp3) is 0.721. The summed E-state index contributed by atoms with van der Waals surface area (Å²) in [5.41, 5.74) is 12.7. The zero-order chi connectivity index (χ0) is 44.4. The number of hydrazine groups is 1. The number of nitrogens with two attached hydrogens (primary N) is 3. The van der Waals surface area contributed by atoms with Crippen LogP contribution in [0, 0.1) is 23.7 Å². The monoisotopic (exact) mass is 833 g/mol. The number of Topliss-reactive ketones (excluding diaryl/α,β-unsaturated/α-hetero) is 2. The SMILES string of the molecule is CCC(OC)C1OC(=O)N(CCCCN(N)/C=C(\N)c2cccc(N)c2)C1[C@@H](C)C(=O)[C@H](C)C[C@@](C)(OC)[C@H](OC1OC(C)CC(N(C)C)[C@H]1O)C(C)C(=O)C(C)C=O. The summed E-state index contributed by atoms with van der Waals surface area (Å²) < 4.78 is 30.5. The standard InChI is InChI=1S/C43H72N6O10/c1-12-34(55-10)39-35(49(42(54)58-39)19-14-13-18-48(46)23-32(45)30-16-15-17-31(44)21-30)28(5)36(51)25(2)22-43(7,56-11)40(29(6)37(52)26(3)24-50)59-41-38(53)33(47(8)9)20-27(4)57-41/h15-17,21,23-29,33-35,38-41,53H,12-14,18-20,22,44-46H2,1-11H3/b32-23-/t25-,26?,27?,28-,29?,33?,34?,35?,38-,39?,40-,41?,43-/m1/s1. The van der Waals surface area contributed by atoms with Crippen molar-refractivity contribution in [1.29, 1.82) is 0 Å². The van der Waals surface area contributed by atoms with Crippen LogP contribution in [0.1, 0.15) is 86.1 Å². The van der Waals surface area contributed by atoms with Gasteiger partial charge in [0.15, 0.2) is 12.4 Å². The maximum Gasteiger partial charge on any atom is 0.410 e. The minimum Gasteiger partial charge on any atom is -0.441 e. The van der Waals surface area contributed by atoms with Gasteiger partial charge < -0.3 is 59.9 Å². The molecule has 16 heteroatoms. The Bertz CT molecular complexity index is 1580. The number of aliphatic hydroxyl groups is 1. The summed E-state index contributed by atoms with van der Waals surface area (Å²) in [6.07, 6.45) is -0.538.